The highest BCUT2D eigenvalue weighted by atomic mass is 16.5. The van der Waals surface area contributed by atoms with Crippen molar-refractivity contribution in [2.75, 3.05) is 19.7 Å². The number of ether oxygens (including phenoxy) is 1. The van der Waals surface area contributed by atoms with Crippen LogP contribution in [0.3, 0.4) is 0 Å². The average molecular weight is 378 g/mol. The Kier molecular flexibility index (Phi) is 5.43. The van der Waals surface area contributed by atoms with Crippen LogP contribution in [-0.4, -0.2) is 45.5 Å². The standard InChI is InChI=1S/C21H22N4O3/c26-20(24-13-14-28-19(15-24)16-7-2-1-3-8-16)11-6-12-25-21(27)17-9-4-5-10-18(17)22-23-25/h1-5,7-10,19H,6,11-15H2/t19-/m1/s1. The summed E-state index contributed by atoms with van der Waals surface area (Å²) in [6.45, 7) is 2.05. The lowest BCUT2D eigenvalue weighted by molar-refractivity contribution is -0.139. The number of rotatable bonds is 5. The second-order valence-electron chi connectivity index (χ2n) is 6.85. The molecule has 0 spiro atoms. The maximum atomic E-state index is 12.6. The van der Waals surface area contributed by atoms with Gasteiger partial charge in [0.2, 0.25) is 5.91 Å². The number of aryl methyl sites for hydroxylation is 1. The summed E-state index contributed by atoms with van der Waals surface area (Å²) in [4.78, 5) is 26.9. The zero-order chi connectivity index (χ0) is 19.3. The van der Waals surface area contributed by atoms with Gasteiger partial charge in [-0.1, -0.05) is 47.7 Å². The van der Waals surface area contributed by atoms with Crippen LogP contribution in [0.2, 0.25) is 0 Å². The van der Waals surface area contributed by atoms with Crippen molar-refractivity contribution in [3.63, 3.8) is 0 Å². The topological polar surface area (TPSA) is 77.3 Å². The number of hydrogen-bond donors (Lipinski definition) is 0. The number of morpholine rings is 1. The first-order valence-electron chi connectivity index (χ1n) is 9.49. The van der Waals surface area contributed by atoms with Crippen molar-refractivity contribution in [3.05, 3.63) is 70.5 Å². The molecule has 1 fully saturated rings. The van der Waals surface area contributed by atoms with Crippen molar-refractivity contribution in [1.82, 2.24) is 19.9 Å². The number of nitrogens with zero attached hydrogens (tertiary/aromatic N) is 4. The highest BCUT2D eigenvalue weighted by Gasteiger charge is 2.24. The first kappa shape index (κ1) is 18.3. The molecule has 1 aliphatic heterocycles. The summed E-state index contributed by atoms with van der Waals surface area (Å²) >= 11 is 0. The summed E-state index contributed by atoms with van der Waals surface area (Å²) in [5.74, 6) is 0.0750. The van der Waals surface area contributed by atoms with Gasteiger partial charge in [-0.2, -0.15) is 0 Å². The highest BCUT2D eigenvalue weighted by molar-refractivity contribution is 5.77. The molecule has 0 aliphatic carbocycles. The van der Waals surface area contributed by atoms with Gasteiger partial charge in [0.15, 0.2) is 0 Å². The Labute approximate surface area is 162 Å². The smallest absolute Gasteiger partial charge is 0.277 e. The third-order valence-electron chi connectivity index (χ3n) is 4.98. The molecular weight excluding hydrogens is 356 g/mol. The van der Waals surface area contributed by atoms with Crippen LogP contribution in [0.15, 0.2) is 59.4 Å². The van der Waals surface area contributed by atoms with E-state index < -0.39 is 0 Å². The molecule has 1 aliphatic rings. The number of benzene rings is 2. The first-order valence-corrected chi connectivity index (χ1v) is 9.49. The van der Waals surface area contributed by atoms with Gasteiger partial charge in [-0.05, 0) is 24.1 Å². The molecule has 7 heteroatoms. The van der Waals surface area contributed by atoms with E-state index >= 15 is 0 Å². The molecule has 7 nitrogen and oxygen atoms in total. The molecule has 0 N–H and O–H groups in total. The number of fused-ring (bicyclic) bond motifs is 1. The van der Waals surface area contributed by atoms with Gasteiger partial charge in [0.25, 0.3) is 5.56 Å². The second-order valence-corrected chi connectivity index (χ2v) is 6.85. The van der Waals surface area contributed by atoms with Crippen molar-refractivity contribution in [3.8, 4) is 0 Å². The van der Waals surface area contributed by atoms with Crippen LogP contribution in [0.1, 0.15) is 24.5 Å². The fraction of sp³-hybridized carbons (Fsp3) is 0.333. The van der Waals surface area contributed by atoms with E-state index in [0.717, 1.165) is 5.56 Å². The van der Waals surface area contributed by atoms with E-state index in [1.165, 1.54) is 4.68 Å². The predicted octanol–water partition coefficient (Wildman–Crippen LogP) is 2.17. The highest BCUT2D eigenvalue weighted by Crippen LogP contribution is 2.22. The van der Waals surface area contributed by atoms with E-state index in [0.29, 0.717) is 50.0 Å². The van der Waals surface area contributed by atoms with Crippen LogP contribution >= 0.6 is 0 Å². The molecule has 2 heterocycles. The lowest BCUT2D eigenvalue weighted by Gasteiger charge is -2.33. The summed E-state index contributed by atoms with van der Waals surface area (Å²) in [5, 5.41) is 8.60. The summed E-state index contributed by atoms with van der Waals surface area (Å²) < 4.78 is 7.15. The van der Waals surface area contributed by atoms with E-state index in [4.69, 9.17) is 4.74 Å². The molecule has 144 valence electrons. The fourth-order valence-corrected chi connectivity index (χ4v) is 3.45. The Morgan fingerprint density at radius 3 is 2.75 bits per heavy atom. The average Bonchev–Trinajstić information content (AvgIpc) is 2.76. The summed E-state index contributed by atoms with van der Waals surface area (Å²) in [7, 11) is 0. The van der Waals surface area contributed by atoms with E-state index in [9.17, 15) is 9.59 Å². The van der Waals surface area contributed by atoms with Crippen LogP contribution in [0.25, 0.3) is 10.9 Å². The SMILES string of the molecule is O=C(CCCn1nnc2ccccc2c1=O)N1CCO[C@@H](c2ccccc2)C1. The second kappa shape index (κ2) is 8.31. The molecule has 0 saturated carbocycles. The largest absolute Gasteiger partial charge is 0.370 e. The fourth-order valence-electron chi connectivity index (χ4n) is 3.45. The lowest BCUT2D eigenvalue weighted by Crippen LogP contribution is -2.42. The lowest BCUT2D eigenvalue weighted by atomic mass is 10.1. The normalized spacial score (nSPS) is 17.0. The van der Waals surface area contributed by atoms with Gasteiger partial charge >= 0.3 is 0 Å². The molecule has 3 aromatic rings. The van der Waals surface area contributed by atoms with Gasteiger partial charge in [-0.3, -0.25) is 9.59 Å². The van der Waals surface area contributed by atoms with E-state index in [2.05, 4.69) is 10.3 Å². The Balaban J connectivity index is 1.34. The third-order valence-corrected chi connectivity index (χ3v) is 4.98. The number of carbonyl (C=O) groups excluding carboxylic acids is 1. The van der Waals surface area contributed by atoms with E-state index in [1.807, 2.05) is 41.3 Å². The monoisotopic (exact) mass is 378 g/mol. The minimum absolute atomic E-state index is 0.0750. The van der Waals surface area contributed by atoms with E-state index in [-0.39, 0.29) is 17.6 Å². The van der Waals surface area contributed by atoms with Gasteiger partial charge in [0.05, 0.1) is 18.5 Å². The molecule has 4 rings (SSSR count). The molecule has 1 saturated heterocycles. The number of amides is 1. The maximum Gasteiger partial charge on any atom is 0.277 e. The van der Waals surface area contributed by atoms with Crippen LogP contribution in [-0.2, 0) is 16.1 Å². The molecule has 1 aromatic heterocycles. The van der Waals surface area contributed by atoms with Crippen LogP contribution in [0.5, 0.6) is 0 Å². The molecule has 0 radical (unpaired) electrons. The van der Waals surface area contributed by atoms with Gasteiger partial charge in [-0.15, -0.1) is 5.10 Å². The van der Waals surface area contributed by atoms with Gasteiger partial charge in [0.1, 0.15) is 11.6 Å². The summed E-state index contributed by atoms with van der Waals surface area (Å²) in [5.41, 5.74) is 1.49. The Morgan fingerprint density at radius 2 is 1.89 bits per heavy atom. The molecule has 1 atom stereocenters. The third kappa shape index (κ3) is 3.94. The van der Waals surface area contributed by atoms with Crippen molar-refractivity contribution in [2.45, 2.75) is 25.5 Å². The summed E-state index contributed by atoms with van der Waals surface area (Å²) in [6.07, 6.45) is 0.814. The minimum Gasteiger partial charge on any atom is -0.370 e. The summed E-state index contributed by atoms with van der Waals surface area (Å²) in [6, 6.07) is 17.1. The number of aromatic nitrogens is 3. The zero-order valence-corrected chi connectivity index (χ0v) is 15.5. The quantitative estimate of drug-likeness (QED) is 0.680. The maximum absolute atomic E-state index is 12.6. The van der Waals surface area contributed by atoms with E-state index in [1.54, 1.807) is 18.2 Å². The van der Waals surface area contributed by atoms with Crippen LogP contribution in [0, 0.1) is 0 Å². The van der Waals surface area contributed by atoms with Gasteiger partial charge in [-0.25, -0.2) is 4.68 Å². The van der Waals surface area contributed by atoms with Gasteiger partial charge in [0, 0.05) is 19.5 Å². The molecule has 1 amide bonds. The Bertz CT molecular complexity index is 1020. The zero-order valence-electron chi connectivity index (χ0n) is 15.5. The molecule has 0 bridgehead atoms. The molecule has 28 heavy (non-hydrogen) atoms. The first-order chi connectivity index (χ1) is 13.7. The van der Waals surface area contributed by atoms with Crippen molar-refractivity contribution in [1.29, 1.82) is 0 Å². The molecule has 0 unspecified atom stereocenters. The molecule has 2 aromatic carbocycles. The predicted molar refractivity (Wildman–Crippen MR) is 105 cm³/mol. The minimum atomic E-state index is -0.173. The van der Waals surface area contributed by atoms with Gasteiger partial charge < -0.3 is 9.64 Å². The van der Waals surface area contributed by atoms with Crippen molar-refractivity contribution < 1.29 is 9.53 Å². The van der Waals surface area contributed by atoms with Crippen LogP contribution < -0.4 is 5.56 Å². The Hall–Kier alpha value is -3.06. The van der Waals surface area contributed by atoms with Crippen molar-refractivity contribution in [2.24, 2.45) is 0 Å². The molecular formula is C21H22N4O3. The number of hydrogen-bond acceptors (Lipinski definition) is 5. The van der Waals surface area contributed by atoms with Crippen molar-refractivity contribution >= 4 is 16.8 Å². The number of carbonyl (C=O) groups is 1. The van der Waals surface area contributed by atoms with Crippen LogP contribution in [0.4, 0.5) is 0 Å². The Morgan fingerprint density at radius 1 is 1.11 bits per heavy atom.